The molecule has 0 amide bonds. The highest BCUT2D eigenvalue weighted by atomic mass is 16.6. The van der Waals surface area contributed by atoms with Crippen LogP contribution in [0.1, 0.15) is 38.3 Å². The van der Waals surface area contributed by atoms with Crippen molar-refractivity contribution in [1.29, 1.82) is 0 Å². The third-order valence-corrected chi connectivity index (χ3v) is 2.87. The lowest BCUT2D eigenvalue weighted by Crippen LogP contribution is -2.02. The van der Waals surface area contributed by atoms with E-state index in [-0.39, 0.29) is 0 Å². The summed E-state index contributed by atoms with van der Waals surface area (Å²) in [6, 6.07) is 6.09. The second kappa shape index (κ2) is 4.09. The summed E-state index contributed by atoms with van der Waals surface area (Å²) in [7, 11) is 0. The Morgan fingerprint density at radius 1 is 1.43 bits per heavy atom. The third-order valence-electron chi connectivity index (χ3n) is 2.87. The minimum Gasteiger partial charge on any atom is -0.370 e. The van der Waals surface area contributed by atoms with Gasteiger partial charge < -0.3 is 4.74 Å². The summed E-state index contributed by atoms with van der Waals surface area (Å²) in [4.78, 5) is 4.35. The van der Waals surface area contributed by atoms with Crippen molar-refractivity contribution >= 4 is 0 Å². The van der Waals surface area contributed by atoms with Crippen LogP contribution in [0.25, 0.3) is 0 Å². The lowest BCUT2D eigenvalue weighted by atomic mass is 9.99. The van der Waals surface area contributed by atoms with E-state index in [9.17, 15) is 0 Å². The average Bonchev–Trinajstić information content (AvgIpc) is 2.98. The Labute approximate surface area is 85.3 Å². The zero-order valence-corrected chi connectivity index (χ0v) is 8.81. The number of epoxide rings is 1. The molecule has 2 nitrogen and oxygen atoms in total. The maximum atomic E-state index is 5.53. The Kier molecular flexibility index (Phi) is 2.82. The summed E-state index contributed by atoms with van der Waals surface area (Å²) >= 11 is 0. The molecule has 0 aliphatic carbocycles. The number of pyridine rings is 1. The summed E-state index contributed by atoms with van der Waals surface area (Å²) in [5.41, 5.74) is 1.18. The van der Waals surface area contributed by atoms with Crippen LogP contribution in [-0.4, -0.2) is 17.2 Å². The highest BCUT2D eigenvalue weighted by Gasteiger charge is 2.37. The number of nitrogens with zero attached hydrogens (tertiary/aromatic N) is 1. The topological polar surface area (TPSA) is 25.4 Å². The first-order valence-electron chi connectivity index (χ1n) is 5.37. The van der Waals surface area contributed by atoms with Crippen molar-refractivity contribution in [3.63, 3.8) is 0 Å². The molecule has 3 unspecified atom stereocenters. The average molecular weight is 191 g/mol. The van der Waals surface area contributed by atoms with E-state index in [1.807, 2.05) is 18.3 Å². The van der Waals surface area contributed by atoms with Gasteiger partial charge in [-0.05, 0) is 25.0 Å². The van der Waals surface area contributed by atoms with Gasteiger partial charge in [0.2, 0.25) is 0 Å². The minimum atomic E-state index is 0.483. The molecule has 0 bridgehead atoms. The van der Waals surface area contributed by atoms with Crippen LogP contribution in [0.4, 0.5) is 0 Å². The zero-order valence-electron chi connectivity index (χ0n) is 8.81. The Balaban J connectivity index is 1.88. The Morgan fingerprint density at radius 3 is 2.86 bits per heavy atom. The van der Waals surface area contributed by atoms with E-state index in [0.29, 0.717) is 18.1 Å². The second-order valence-electron chi connectivity index (χ2n) is 4.01. The Bertz CT molecular complexity index is 286. The van der Waals surface area contributed by atoms with E-state index in [1.54, 1.807) is 0 Å². The lowest BCUT2D eigenvalue weighted by Gasteiger charge is -2.07. The van der Waals surface area contributed by atoms with Crippen LogP contribution in [0.3, 0.4) is 0 Å². The smallest absolute Gasteiger partial charge is 0.0848 e. The van der Waals surface area contributed by atoms with Gasteiger partial charge in [0.15, 0.2) is 0 Å². The molecule has 0 saturated carbocycles. The van der Waals surface area contributed by atoms with Crippen LogP contribution in [0.15, 0.2) is 24.4 Å². The van der Waals surface area contributed by atoms with E-state index in [1.165, 1.54) is 5.69 Å². The van der Waals surface area contributed by atoms with E-state index >= 15 is 0 Å². The van der Waals surface area contributed by atoms with E-state index in [0.717, 1.165) is 12.8 Å². The maximum absolute atomic E-state index is 5.53. The van der Waals surface area contributed by atoms with Gasteiger partial charge in [-0.1, -0.05) is 19.9 Å². The van der Waals surface area contributed by atoms with E-state index in [2.05, 4.69) is 24.9 Å². The van der Waals surface area contributed by atoms with E-state index in [4.69, 9.17) is 4.74 Å². The predicted molar refractivity (Wildman–Crippen MR) is 56.2 cm³/mol. The fraction of sp³-hybridized carbons (Fsp3) is 0.583. The molecule has 2 heterocycles. The second-order valence-corrected chi connectivity index (χ2v) is 4.01. The summed E-state index contributed by atoms with van der Waals surface area (Å²) in [5.74, 6) is 0.512. The standard InChI is InChI=1S/C12H17NO/c1-3-11-12(14-11)8-9(2)10-6-4-5-7-13-10/h4-7,9,11-12H,3,8H2,1-2H3. The van der Waals surface area contributed by atoms with Crippen LogP contribution >= 0.6 is 0 Å². The quantitative estimate of drug-likeness (QED) is 0.684. The van der Waals surface area contributed by atoms with Gasteiger partial charge in [0.25, 0.3) is 0 Å². The van der Waals surface area contributed by atoms with Crippen molar-refractivity contribution in [2.45, 2.75) is 44.8 Å². The van der Waals surface area contributed by atoms with Gasteiger partial charge in [0.05, 0.1) is 12.2 Å². The largest absolute Gasteiger partial charge is 0.370 e. The van der Waals surface area contributed by atoms with Crippen molar-refractivity contribution in [2.24, 2.45) is 0 Å². The molecule has 2 rings (SSSR count). The van der Waals surface area contributed by atoms with Gasteiger partial charge in [-0.25, -0.2) is 0 Å². The van der Waals surface area contributed by atoms with Gasteiger partial charge in [0, 0.05) is 17.8 Å². The molecular weight excluding hydrogens is 174 g/mol. The SMILES string of the molecule is CCC1OC1CC(C)c1ccccn1. The van der Waals surface area contributed by atoms with Gasteiger partial charge >= 0.3 is 0 Å². The van der Waals surface area contributed by atoms with Crippen LogP contribution < -0.4 is 0 Å². The Morgan fingerprint density at radius 2 is 2.29 bits per heavy atom. The molecule has 0 spiro atoms. The molecule has 1 fully saturated rings. The van der Waals surface area contributed by atoms with Gasteiger partial charge in [-0.3, -0.25) is 4.98 Å². The molecule has 1 aromatic heterocycles. The maximum Gasteiger partial charge on any atom is 0.0848 e. The Hall–Kier alpha value is -0.890. The van der Waals surface area contributed by atoms with Gasteiger partial charge in [0.1, 0.15) is 0 Å². The summed E-state index contributed by atoms with van der Waals surface area (Å²) in [6.45, 7) is 4.40. The molecule has 2 heteroatoms. The molecule has 76 valence electrons. The number of ether oxygens (including phenoxy) is 1. The lowest BCUT2D eigenvalue weighted by molar-refractivity contribution is 0.352. The number of rotatable bonds is 4. The van der Waals surface area contributed by atoms with Crippen molar-refractivity contribution < 1.29 is 4.74 Å². The number of hydrogen-bond acceptors (Lipinski definition) is 2. The summed E-state index contributed by atoms with van der Waals surface area (Å²) in [6.07, 6.45) is 5.10. The van der Waals surface area contributed by atoms with Crippen molar-refractivity contribution in [3.8, 4) is 0 Å². The first-order chi connectivity index (χ1) is 6.81. The van der Waals surface area contributed by atoms with E-state index < -0.39 is 0 Å². The van der Waals surface area contributed by atoms with Crippen molar-refractivity contribution in [1.82, 2.24) is 4.98 Å². The summed E-state index contributed by atoms with van der Waals surface area (Å²) in [5, 5.41) is 0. The molecule has 0 aromatic carbocycles. The van der Waals surface area contributed by atoms with Crippen LogP contribution in [-0.2, 0) is 4.74 Å². The highest BCUT2D eigenvalue weighted by molar-refractivity contribution is 5.09. The monoisotopic (exact) mass is 191 g/mol. The molecule has 1 aromatic rings. The molecule has 0 radical (unpaired) electrons. The number of hydrogen-bond donors (Lipinski definition) is 0. The van der Waals surface area contributed by atoms with Crippen LogP contribution in [0.2, 0.25) is 0 Å². The number of aromatic nitrogens is 1. The molecule has 0 N–H and O–H groups in total. The van der Waals surface area contributed by atoms with Gasteiger partial charge in [-0.15, -0.1) is 0 Å². The molecule has 1 saturated heterocycles. The first kappa shape index (κ1) is 9.66. The molecule has 1 aliphatic rings. The molecule has 1 aliphatic heterocycles. The molecule has 3 atom stereocenters. The fourth-order valence-corrected chi connectivity index (χ4v) is 1.88. The fourth-order valence-electron chi connectivity index (χ4n) is 1.88. The van der Waals surface area contributed by atoms with Crippen LogP contribution in [0.5, 0.6) is 0 Å². The first-order valence-corrected chi connectivity index (χ1v) is 5.37. The van der Waals surface area contributed by atoms with Gasteiger partial charge in [-0.2, -0.15) is 0 Å². The predicted octanol–water partition coefficient (Wildman–Crippen LogP) is 2.75. The minimum absolute atomic E-state index is 0.483. The normalized spacial score (nSPS) is 27.3. The molecular formula is C12H17NO. The van der Waals surface area contributed by atoms with Crippen molar-refractivity contribution in [3.05, 3.63) is 30.1 Å². The third kappa shape index (κ3) is 2.13. The van der Waals surface area contributed by atoms with Crippen molar-refractivity contribution in [2.75, 3.05) is 0 Å². The zero-order chi connectivity index (χ0) is 9.97. The summed E-state index contributed by atoms with van der Waals surface area (Å²) < 4.78 is 5.53. The highest BCUT2D eigenvalue weighted by Crippen LogP contribution is 2.33. The van der Waals surface area contributed by atoms with Crippen LogP contribution in [0, 0.1) is 0 Å². The molecule has 14 heavy (non-hydrogen) atoms.